The third-order valence-corrected chi connectivity index (χ3v) is 5.37. The maximum Gasteiger partial charge on any atom is 1.00 e. The van der Waals surface area contributed by atoms with Gasteiger partial charge >= 0.3 is 29.6 Å². The molecule has 0 aliphatic heterocycles. The molecule has 2 N–H and O–H groups in total. The van der Waals surface area contributed by atoms with Crippen LogP contribution in [0.15, 0.2) is 30.3 Å². The maximum atomic E-state index is 13.6. The van der Waals surface area contributed by atoms with Crippen molar-refractivity contribution < 1.29 is 66.6 Å². The molecule has 0 aliphatic carbocycles. The molecule has 0 aliphatic rings. The van der Waals surface area contributed by atoms with E-state index in [1.807, 2.05) is 0 Å². The molecule has 34 heavy (non-hydrogen) atoms. The summed E-state index contributed by atoms with van der Waals surface area (Å²) >= 11 is 0. The van der Waals surface area contributed by atoms with Gasteiger partial charge in [-0.3, -0.25) is 0 Å². The van der Waals surface area contributed by atoms with Crippen LogP contribution >= 0.6 is 0 Å². The van der Waals surface area contributed by atoms with Gasteiger partial charge in [0.05, 0.1) is 29.9 Å². The second-order valence-electron chi connectivity index (χ2n) is 7.75. The summed E-state index contributed by atoms with van der Waals surface area (Å²) in [5, 5.41) is 30.7. The van der Waals surface area contributed by atoms with Crippen LogP contribution in [0.1, 0.15) is 48.0 Å². The molecule has 1 aromatic heterocycles. The van der Waals surface area contributed by atoms with Crippen LogP contribution < -0.4 is 39.0 Å². The minimum Gasteiger partial charge on any atom is -0.550 e. The van der Waals surface area contributed by atoms with E-state index in [9.17, 15) is 32.9 Å². The second kappa shape index (κ2) is 12.7. The van der Waals surface area contributed by atoms with Crippen molar-refractivity contribution in [3.05, 3.63) is 47.4 Å². The van der Waals surface area contributed by atoms with Crippen LogP contribution in [0.3, 0.4) is 0 Å². The van der Waals surface area contributed by atoms with E-state index in [0.717, 1.165) is 12.1 Å². The first-order chi connectivity index (χ1) is 16.5. The maximum absolute atomic E-state index is 13.6. The minimum absolute atomic E-state index is 0. The molecule has 0 amide bonds. The summed E-state index contributed by atoms with van der Waals surface area (Å²) in [5.74, 6) is -3.02. The van der Waals surface area contributed by atoms with Gasteiger partial charge in [-0.2, -0.15) is 0 Å². The number of aliphatic carboxylic acids is 1. The molecule has 0 radical (unpaired) electrons. The number of aliphatic hydroxyl groups excluding tert-OH is 2. The van der Waals surface area contributed by atoms with Gasteiger partial charge in [-0.1, -0.05) is 26.0 Å². The van der Waals surface area contributed by atoms with E-state index < -0.39 is 53.4 Å². The van der Waals surface area contributed by atoms with Crippen LogP contribution in [0.4, 0.5) is 10.3 Å². The summed E-state index contributed by atoms with van der Waals surface area (Å²) < 4.78 is 61.5. The van der Waals surface area contributed by atoms with Crippen molar-refractivity contribution in [2.75, 3.05) is 17.5 Å². The van der Waals surface area contributed by atoms with Crippen LogP contribution in [0, 0.1) is 5.82 Å². The van der Waals surface area contributed by atoms with Gasteiger partial charge in [0, 0.05) is 41.0 Å². The van der Waals surface area contributed by atoms with Gasteiger partial charge in [0.15, 0.2) is 0 Å². The number of nitrogens with zero attached hydrogens (tertiary/aromatic N) is 3. The van der Waals surface area contributed by atoms with Crippen molar-refractivity contribution in [2.24, 2.45) is 0 Å². The first-order valence-corrected chi connectivity index (χ1v) is 11.8. The summed E-state index contributed by atoms with van der Waals surface area (Å²) in [6.07, 6.45) is -0.267. The first-order valence-electron chi connectivity index (χ1n) is 11.4. The molecule has 0 fully saturated rings. The molecule has 0 bridgehead atoms. The smallest absolute Gasteiger partial charge is 0.550 e. The van der Waals surface area contributed by atoms with Gasteiger partial charge in [-0.15, -0.1) is 0 Å². The van der Waals surface area contributed by atoms with Crippen LogP contribution in [-0.4, -0.2) is 60.0 Å². The van der Waals surface area contributed by atoms with Crippen LogP contribution in [-0.2, 0) is 14.8 Å². The Bertz CT molecular complexity index is 1230. The molecule has 0 saturated carbocycles. The number of rotatable bonds is 10. The molecule has 9 nitrogen and oxygen atoms in total. The standard InChI is InChI=1S/C22H28FN3O6S.Na/c1-13(2)20-18(10-9-16(27)11-17(28)12-19(29)30)21(14-5-7-15(23)8-6-14)25-22(24-20)26(3)33(4,31)32;/h5-10,13,16-17,27-28H,11-12H2,1-4H3,(H,29,30);/q;+1/p-1/b10-9+;/t16-,17-;/m1./s1/i3+1D3;. The van der Waals surface area contributed by atoms with Crippen LogP contribution in [0.25, 0.3) is 17.3 Å². The number of anilines is 1. The van der Waals surface area contributed by atoms with Gasteiger partial charge < -0.3 is 20.1 Å². The molecule has 1 heterocycles. The molecular weight excluding hydrogens is 477 g/mol. The SMILES string of the molecule is [2H][13C]([2H])([2H])N(c1nc(-c2ccc(F)cc2)c(/C=C/[C@@H](O)C[C@@H](O)CC(=O)[O-])c(C(C)C)n1)S(C)(=O)=O.[Na+]. The summed E-state index contributed by atoms with van der Waals surface area (Å²) in [4.78, 5) is 19.1. The van der Waals surface area contributed by atoms with E-state index in [0.29, 0.717) is 11.8 Å². The van der Waals surface area contributed by atoms with Crippen molar-refractivity contribution in [3.8, 4) is 11.3 Å². The molecule has 0 unspecified atom stereocenters. The molecule has 2 rings (SSSR count). The predicted octanol–water partition coefficient (Wildman–Crippen LogP) is -1.93. The average molecular weight is 508 g/mol. The largest absolute Gasteiger partial charge is 1.00 e. The van der Waals surface area contributed by atoms with Gasteiger partial charge in [0.25, 0.3) is 0 Å². The zero-order chi connectivity index (χ0) is 27.4. The summed E-state index contributed by atoms with van der Waals surface area (Å²) in [6.45, 7) is 0.306. The zero-order valence-electron chi connectivity index (χ0n) is 22.3. The summed E-state index contributed by atoms with van der Waals surface area (Å²) in [7, 11) is -4.34. The Morgan fingerprint density at radius 1 is 1.26 bits per heavy atom. The molecule has 180 valence electrons. The molecule has 1 aromatic carbocycles. The van der Waals surface area contributed by atoms with Gasteiger partial charge in [0.2, 0.25) is 16.0 Å². The Labute approximate surface area is 224 Å². The van der Waals surface area contributed by atoms with Crippen molar-refractivity contribution in [3.63, 3.8) is 0 Å². The Morgan fingerprint density at radius 2 is 1.88 bits per heavy atom. The third-order valence-electron chi connectivity index (χ3n) is 4.54. The topological polar surface area (TPSA) is 144 Å². The number of hydrogen-bond acceptors (Lipinski definition) is 8. The fourth-order valence-corrected chi connectivity index (χ4v) is 3.36. The monoisotopic (exact) mass is 507 g/mol. The molecule has 12 heteroatoms. The van der Waals surface area contributed by atoms with Crippen LogP contribution in [0.2, 0.25) is 0 Å². The van der Waals surface area contributed by atoms with Gasteiger partial charge in [0.1, 0.15) is 5.82 Å². The number of carboxylic acid groups (broad SMARTS) is 1. The predicted molar refractivity (Wildman–Crippen MR) is 120 cm³/mol. The second-order valence-corrected chi connectivity index (χ2v) is 9.58. The Balaban J connectivity index is 0.00000684. The third kappa shape index (κ3) is 8.40. The number of benzene rings is 1. The minimum atomic E-state index is -4.34. The van der Waals surface area contributed by atoms with E-state index in [1.54, 1.807) is 13.8 Å². The van der Waals surface area contributed by atoms with Crippen LogP contribution in [0.5, 0.6) is 0 Å². The fourth-order valence-electron chi connectivity index (χ4n) is 2.99. The Kier molecular flexibility index (Phi) is 9.42. The van der Waals surface area contributed by atoms with E-state index in [4.69, 9.17) is 4.11 Å². The molecule has 2 aromatic rings. The zero-order valence-corrected chi connectivity index (χ0v) is 22.1. The average Bonchev–Trinajstić information content (AvgIpc) is 2.69. The summed E-state index contributed by atoms with van der Waals surface area (Å²) in [5.41, 5.74) is 0.899. The Hall–Kier alpha value is -1.89. The Morgan fingerprint density at radius 3 is 2.38 bits per heavy atom. The van der Waals surface area contributed by atoms with Crippen molar-refractivity contribution in [2.45, 2.75) is 44.8 Å². The van der Waals surface area contributed by atoms with E-state index >= 15 is 0 Å². The van der Waals surface area contributed by atoms with Crippen molar-refractivity contribution in [1.82, 2.24) is 9.97 Å². The molecule has 0 spiro atoms. The fraction of sp³-hybridized carbons (Fsp3) is 0.409. The number of aliphatic hydroxyl groups is 2. The molecule has 2 atom stereocenters. The molecular formula is C22H27FN3NaO6S. The number of hydrogen-bond donors (Lipinski definition) is 2. The number of aromatic nitrogens is 2. The summed E-state index contributed by atoms with van der Waals surface area (Å²) in [6, 6.07) is 5.01. The number of halogens is 1. The van der Waals surface area contributed by atoms with Gasteiger partial charge in [-0.05, 0) is 30.2 Å². The number of carbonyl (C=O) groups excluding carboxylic acids is 1. The van der Waals surface area contributed by atoms with E-state index in [2.05, 4.69) is 9.97 Å². The van der Waals surface area contributed by atoms with Gasteiger partial charge in [-0.25, -0.2) is 27.1 Å². The number of sulfonamides is 1. The van der Waals surface area contributed by atoms with E-state index in [1.165, 1.54) is 24.3 Å². The first kappa shape index (κ1) is 25.2. The number of carboxylic acids is 1. The quantitative estimate of drug-likeness (QED) is 0.280. The van der Waals surface area contributed by atoms with E-state index in [-0.39, 0.29) is 63.2 Å². The number of carbonyl (C=O) groups is 1. The van der Waals surface area contributed by atoms with Crippen molar-refractivity contribution in [1.29, 1.82) is 0 Å². The normalized spacial score (nSPS) is 15.2. The van der Waals surface area contributed by atoms with Crippen molar-refractivity contribution >= 4 is 28.0 Å². The molecule has 0 saturated heterocycles.